The van der Waals surface area contributed by atoms with Gasteiger partial charge in [0.2, 0.25) is 5.82 Å². The fraction of sp³-hybridized carbons (Fsp3) is 0.400. The van der Waals surface area contributed by atoms with E-state index in [4.69, 9.17) is 9.84 Å². The minimum atomic E-state index is -1.21. The highest BCUT2D eigenvalue weighted by molar-refractivity contribution is 5.85. The quantitative estimate of drug-likeness (QED) is 0.482. The van der Waals surface area contributed by atoms with Crippen LogP contribution in [0.15, 0.2) is 42.5 Å². The van der Waals surface area contributed by atoms with E-state index in [-0.39, 0.29) is 30.0 Å². The highest BCUT2D eigenvalue weighted by atomic mass is 19.2. The molecule has 1 aliphatic rings. The van der Waals surface area contributed by atoms with E-state index >= 15 is 0 Å². The lowest BCUT2D eigenvalue weighted by molar-refractivity contribution is -0.131. The second-order valence-corrected chi connectivity index (χ2v) is 8.96. The minimum absolute atomic E-state index is 0.146. The second-order valence-electron chi connectivity index (χ2n) is 8.96. The molecule has 32 heavy (non-hydrogen) atoms. The number of halogens is 2. The Kier molecular flexibility index (Phi) is 7.64. The van der Waals surface area contributed by atoms with E-state index in [1.54, 1.807) is 0 Å². The Labute approximate surface area is 186 Å². The van der Waals surface area contributed by atoms with E-state index in [1.165, 1.54) is 17.2 Å². The number of aliphatic hydroxyl groups excluding tert-OH is 1. The van der Waals surface area contributed by atoms with Gasteiger partial charge in [0.05, 0.1) is 0 Å². The van der Waals surface area contributed by atoms with Gasteiger partial charge in [-0.1, -0.05) is 24.3 Å². The van der Waals surface area contributed by atoms with Crippen LogP contribution in [0.4, 0.5) is 8.78 Å². The van der Waals surface area contributed by atoms with Crippen LogP contribution in [0, 0.1) is 17.6 Å². The number of fused-ring (bicyclic) bond motifs is 1. The number of carboxylic acids is 1. The number of rotatable bonds is 10. The fourth-order valence-corrected chi connectivity index (χ4v) is 4.18. The Morgan fingerprint density at radius 3 is 2.53 bits per heavy atom. The lowest BCUT2D eigenvalue weighted by Crippen LogP contribution is -2.46. The van der Waals surface area contributed by atoms with Crippen LogP contribution < -0.4 is 10.1 Å². The Hall–Kier alpha value is -2.77. The van der Waals surface area contributed by atoms with Gasteiger partial charge in [-0.05, 0) is 73.9 Å². The third-order valence-electron chi connectivity index (χ3n) is 5.62. The largest absolute Gasteiger partial charge is 0.488 e. The highest BCUT2D eigenvalue weighted by Crippen LogP contribution is 2.32. The number of ether oxygens (including phenoxy) is 1. The predicted octanol–water partition coefficient (Wildman–Crippen LogP) is 3.98. The molecule has 0 spiro atoms. The molecule has 0 unspecified atom stereocenters. The van der Waals surface area contributed by atoms with Crippen molar-refractivity contribution in [1.29, 1.82) is 0 Å². The zero-order valence-corrected chi connectivity index (χ0v) is 18.3. The third-order valence-corrected chi connectivity index (χ3v) is 5.62. The number of nitrogens with one attached hydrogen (secondary N) is 1. The molecule has 0 saturated heterocycles. The van der Waals surface area contributed by atoms with Crippen molar-refractivity contribution in [2.75, 3.05) is 13.2 Å². The van der Waals surface area contributed by atoms with Crippen LogP contribution in [-0.2, 0) is 17.6 Å². The van der Waals surface area contributed by atoms with Gasteiger partial charge in [-0.2, -0.15) is 4.39 Å². The summed E-state index contributed by atoms with van der Waals surface area (Å²) < 4.78 is 33.1. The lowest BCUT2D eigenvalue weighted by Gasteiger charge is -2.30. The summed E-state index contributed by atoms with van der Waals surface area (Å²) in [5, 5.41) is 22.3. The molecule has 0 aliphatic heterocycles. The molecule has 0 heterocycles. The first-order chi connectivity index (χ1) is 15.1. The first-order valence-corrected chi connectivity index (χ1v) is 10.7. The maximum absolute atomic E-state index is 14.0. The van der Waals surface area contributed by atoms with Gasteiger partial charge in [-0.25, -0.2) is 9.18 Å². The van der Waals surface area contributed by atoms with E-state index in [0.29, 0.717) is 5.92 Å². The predicted molar refractivity (Wildman–Crippen MR) is 119 cm³/mol. The van der Waals surface area contributed by atoms with Crippen LogP contribution in [0.2, 0.25) is 0 Å². The number of hydrogen-bond acceptors (Lipinski definition) is 4. The Bertz CT molecular complexity index is 965. The van der Waals surface area contributed by atoms with Gasteiger partial charge in [0, 0.05) is 18.2 Å². The monoisotopic (exact) mass is 445 g/mol. The molecule has 0 bridgehead atoms. The van der Waals surface area contributed by atoms with Crippen molar-refractivity contribution in [2.45, 2.75) is 44.8 Å². The van der Waals surface area contributed by atoms with Gasteiger partial charge in [-0.15, -0.1) is 0 Å². The van der Waals surface area contributed by atoms with Gasteiger partial charge in [-0.3, -0.25) is 0 Å². The maximum Gasteiger partial charge on any atom is 0.328 e. The first-order valence-electron chi connectivity index (χ1n) is 10.7. The van der Waals surface area contributed by atoms with Crippen molar-refractivity contribution in [3.8, 4) is 5.75 Å². The van der Waals surface area contributed by atoms with Crippen molar-refractivity contribution in [1.82, 2.24) is 5.32 Å². The molecular formula is C25H29F2NO4. The summed E-state index contributed by atoms with van der Waals surface area (Å²) in [5.41, 5.74) is 2.73. The fourth-order valence-electron chi connectivity index (χ4n) is 4.18. The summed E-state index contributed by atoms with van der Waals surface area (Å²) in [7, 11) is 0. The van der Waals surface area contributed by atoms with Crippen molar-refractivity contribution < 1.29 is 28.5 Å². The topological polar surface area (TPSA) is 78.8 Å². The van der Waals surface area contributed by atoms with Crippen LogP contribution in [0.3, 0.4) is 0 Å². The van der Waals surface area contributed by atoms with Crippen LogP contribution >= 0.6 is 0 Å². The highest BCUT2D eigenvalue weighted by Gasteiger charge is 2.28. The number of aliphatic hydroxyl groups is 1. The molecule has 3 rings (SSSR count). The van der Waals surface area contributed by atoms with Gasteiger partial charge >= 0.3 is 5.97 Å². The van der Waals surface area contributed by atoms with Crippen molar-refractivity contribution in [3.05, 3.63) is 70.8 Å². The van der Waals surface area contributed by atoms with Crippen LogP contribution in [0.1, 0.15) is 37.0 Å². The standard InChI is InChI=1S/C25H29F2NO4/c1-25(2,13-17-9-18-5-3-4-6-19(18)10-17)28-14-20(29)15-32-22-12-16(7-8-23(30)31)11-21(26)24(22)27/h3-8,11-12,17,20,28-29H,9-10,13-15H2,1-2H3,(H,30,31)/t20-/m1/s1. The molecule has 0 amide bonds. The summed E-state index contributed by atoms with van der Waals surface area (Å²) in [4.78, 5) is 10.6. The number of carbonyl (C=O) groups is 1. The molecule has 2 aromatic carbocycles. The van der Waals surface area contributed by atoms with Crippen LogP contribution in [0.25, 0.3) is 6.08 Å². The summed E-state index contributed by atoms with van der Waals surface area (Å²) in [5.74, 6) is -3.39. The molecule has 0 fully saturated rings. The van der Waals surface area contributed by atoms with E-state index in [2.05, 4.69) is 43.4 Å². The van der Waals surface area contributed by atoms with Crippen molar-refractivity contribution in [3.63, 3.8) is 0 Å². The maximum atomic E-state index is 14.0. The molecule has 2 aromatic rings. The SMILES string of the molecule is CC(C)(CC1Cc2ccccc2C1)NC[C@@H](O)COc1cc(C=CC(=O)O)cc(F)c1F. The molecule has 3 N–H and O–H groups in total. The average Bonchev–Trinajstić information content (AvgIpc) is 3.13. The van der Waals surface area contributed by atoms with E-state index < -0.39 is 23.7 Å². The van der Waals surface area contributed by atoms with Crippen molar-refractivity contribution >= 4 is 12.0 Å². The van der Waals surface area contributed by atoms with E-state index in [9.17, 15) is 18.7 Å². The molecule has 0 aromatic heterocycles. The molecular weight excluding hydrogens is 416 g/mol. The average molecular weight is 446 g/mol. The Morgan fingerprint density at radius 1 is 1.25 bits per heavy atom. The molecule has 0 saturated carbocycles. The van der Waals surface area contributed by atoms with Gasteiger partial charge in [0.15, 0.2) is 11.6 Å². The van der Waals surface area contributed by atoms with Gasteiger partial charge in [0.1, 0.15) is 12.7 Å². The molecule has 7 heteroatoms. The summed E-state index contributed by atoms with van der Waals surface area (Å²) >= 11 is 0. The number of β-amino-alcohol motifs (C(OH)–C–C–N with tert-alkyl or cyclic N) is 1. The molecule has 0 radical (unpaired) electrons. The number of benzene rings is 2. The Balaban J connectivity index is 1.49. The Morgan fingerprint density at radius 2 is 1.91 bits per heavy atom. The lowest BCUT2D eigenvalue weighted by atomic mass is 9.88. The smallest absolute Gasteiger partial charge is 0.328 e. The molecule has 1 aliphatic carbocycles. The first kappa shape index (κ1) is 23.9. The zero-order valence-electron chi connectivity index (χ0n) is 18.3. The normalized spacial score (nSPS) is 15.2. The number of hydrogen-bond donors (Lipinski definition) is 3. The minimum Gasteiger partial charge on any atom is -0.488 e. The molecule has 5 nitrogen and oxygen atoms in total. The second kappa shape index (κ2) is 10.2. The number of aliphatic carboxylic acids is 1. The van der Waals surface area contributed by atoms with E-state index in [0.717, 1.165) is 37.5 Å². The van der Waals surface area contributed by atoms with Gasteiger partial charge in [0.25, 0.3) is 0 Å². The zero-order chi connectivity index (χ0) is 23.3. The number of carboxylic acid groups (broad SMARTS) is 1. The van der Waals surface area contributed by atoms with Crippen LogP contribution in [-0.4, -0.2) is 41.0 Å². The van der Waals surface area contributed by atoms with Gasteiger partial charge < -0.3 is 20.3 Å². The summed E-state index contributed by atoms with van der Waals surface area (Å²) in [6, 6.07) is 10.5. The summed E-state index contributed by atoms with van der Waals surface area (Å²) in [6.07, 6.45) is 4.05. The molecule has 1 atom stereocenters. The molecule has 172 valence electrons. The third kappa shape index (κ3) is 6.61. The van der Waals surface area contributed by atoms with Crippen molar-refractivity contribution in [2.24, 2.45) is 5.92 Å². The van der Waals surface area contributed by atoms with Crippen LogP contribution in [0.5, 0.6) is 5.75 Å². The van der Waals surface area contributed by atoms with E-state index in [1.807, 2.05) is 0 Å². The summed E-state index contributed by atoms with van der Waals surface area (Å²) in [6.45, 7) is 4.16.